The Balaban J connectivity index is 1.92. The van der Waals surface area contributed by atoms with Crippen molar-refractivity contribution in [1.29, 1.82) is 0 Å². The highest BCUT2D eigenvalue weighted by Crippen LogP contribution is 2.27. The van der Waals surface area contributed by atoms with E-state index in [4.69, 9.17) is 11.6 Å². The summed E-state index contributed by atoms with van der Waals surface area (Å²) in [5.41, 5.74) is 2.84. The Hall–Kier alpha value is -3.16. The van der Waals surface area contributed by atoms with Crippen molar-refractivity contribution in [3.63, 3.8) is 0 Å². The number of anilines is 2. The molecule has 3 aromatic rings. The molecule has 0 radical (unpaired) electrons. The minimum Gasteiger partial charge on any atom is -0.324 e. The van der Waals surface area contributed by atoms with Crippen LogP contribution in [0.15, 0.2) is 66.7 Å². The number of sulfonamides is 1. The van der Waals surface area contributed by atoms with E-state index in [2.05, 4.69) is 5.32 Å². The molecule has 0 saturated heterocycles. The molecule has 1 amide bonds. The van der Waals surface area contributed by atoms with Gasteiger partial charge < -0.3 is 5.32 Å². The number of halogens is 1. The van der Waals surface area contributed by atoms with Gasteiger partial charge in [-0.15, -0.1) is 0 Å². The van der Waals surface area contributed by atoms with Crippen molar-refractivity contribution >= 4 is 44.7 Å². The smallest absolute Gasteiger partial charge is 0.245 e. The van der Waals surface area contributed by atoms with E-state index < -0.39 is 22.5 Å². The maximum atomic E-state index is 13.0. The van der Waals surface area contributed by atoms with Gasteiger partial charge in [0.1, 0.15) is 6.54 Å². The summed E-state index contributed by atoms with van der Waals surface area (Å²) in [7, 11) is -3.74. The first-order valence-electron chi connectivity index (χ1n) is 9.81. The molecule has 0 aliphatic rings. The summed E-state index contributed by atoms with van der Waals surface area (Å²) in [6, 6.07) is 18.6. The molecule has 0 unspecified atom stereocenters. The van der Waals surface area contributed by atoms with Gasteiger partial charge in [0, 0.05) is 16.1 Å². The van der Waals surface area contributed by atoms with Crippen molar-refractivity contribution in [2.24, 2.45) is 0 Å². The first-order chi connectivity index (χ1) is 15.1. The first-order valence-corrected chi connectivity index (χ1v) is 12.0. The van der Waals surface area contributed by atoms with E-state index >= 15 is 0 Å². The Morgan fingerprint density at radius 1 is 0.938 bits per heavy atom. The Morgan fingerprint density at radius 2 is 1.56 bits per heavy atom. The number of para-hydroxylation sites is 1. The van der Waals surface area contributed by atoms with Crippen molar-refractivity contribution in [1.82, 2.24) is 0 Å². The fraction of sp³-hybridized carbons (Fsp3) is 0.167. The molecule has 0 aliphatic heterocycles. The second-order valence-electron chi connectivity index (χ2n) is 7.44. The Bertz CT molecular complexity index is 1250. The number of amides is 1. The molecule has 1 N–H and O–H groups in total. The van der Waals surface area contributed by atoms with Crippen LogP contribution in [0.4, 0.5) is 11.4 Å². The molecule has 3 aromatic carbocycles. The zero-order valence-electron chi connectivity index (χ0n) is 17.9. The van der Waals surface area contributed by atoms with Crippen LogP contribution in [0.5, 0.6) is 0 Å². The van der Waals surface area contributed by atoms with E-state index in [1.165, 1.54) is 12.1 Å². The molecule has 3 rings (SSSR count). The van der Waals surface area contributed by atoms with Crippen LogP contribution in [0.25, 0.3) is 0 Å². The zero-order valence-corrected chi connectivity index (χ0v) is 19.5. The average molecular weight is 471 g/mol. The molecule has 0 aromatic heterocycles. The Kier molecular flexibility index (Phi) is 7.01. The molecule has 0 bridgehead atoms. The van der Waals surface area contributed by atoms with E-state index in [9.17, 15) is 18.0 Å². The van der Waals surface area contributed by atoms with Gasteiger partial charge in [0.05, 0.1) is 17.6 Å². The third-order valence-corrected chi connectivity index (χ3v) is 6.26. The Labute approximate surface area is 192 Å². The number of ketones is 1. The lowest BCUT2D eigenvalue weighted by Crippen LogP contribution is -2.38. The van der Waals surface area contributed by atoms with Gasteiger partial charge in [-0.2, -0.15) is 0 Å². The maximum Gasteiger partial charge on any atom is 0.245 e. The molecule has 0 aliphatic carbocycles. The molecule has 32 heavy (non-hydrogen) atoms. The van der Waals surface area contributed by atoms with Crippen LogP contribution < -0.4 is 9.62 Å². The fourth-order valence-electron chi connectivity index (χ4n) is 3.44. The number of hydrogen-bond acceptors (Lipinski definition) is 4. The van der Waals surface area contributed by atoms with E-state index in [-0.39, 0.29) is 17.0 Å². The second-order valence-corrected chi connectivity index (χ2v) is 9.79. The second kappa shape index (κ2) is 9.54. The van der Waals surface area contributed by atoms with Gasteiger partial charge in [0.15, 0.2) is 5.78 Å². The fourth-order valence-corrected chi connectivity index (χ4v) is 4.58. The van der Waals surface area contributed by atoms with Crippen molar-refractivity contribution < 1.29 is 18.0 Å². The lowest BCUT2D eigenvalue weighted by molar-refractivity contribution is -0.114. The van der Waals surface area contributed by atoms with Crippen LogP contribution in [0, 0.1) is 13.8 Å². The van der Waals surface area contributed by atoms with Crippen LogP contribution in [0.1, 0.15) is 27.0 Å². The highest BCUT2D eigenvalue weighted by atomic mass is 35.5. The van der Waals surface area contributed by atoms with E-state index in [1.807, 2.05) is 6.07 Å². The predicted octanol–water partition coefficient (Wildman–Crippen LogP) is 4.59. The summed E-state index contributed by atoms with van der Waals surface area (Å²) in [4.78, 5) is 25.9. The van der Waals surface area contributed by atoms with E-state index in [1.54, 1.807) is 62.4 Å². The van der Waals surface area contributed by atoms with Crippen LogP contribution in [0.2, 0.25) is 5.02 Å². The van der Waals surface area contributed by atoms with Crippen LogP contribution in [-0.2, 0) is 14.8 Å². The van der Waals surface area contributed by atoms with Crippen molar-refractivity contribution in [2.75, 3.05) is 22.4 Å². The molecular formula is C24H23ClN2O4S. The Morgan fingerprint density at radius 3 is 2.16 bits per heavy atom. The molecule has 8 heteroatoms. The van der Waals surface area contributed by atoms with Gasteiger partial charge in [-0.25, -0.2) is 8.42 Å². The summed E-state index contributed by atoms with van der Waals surface area (Å²) >= 11 is 6.09. The lowest BCUT2D eigenvalue weighted by Gasteiger charge is -2.25. The van der Waals surface area contributed by atoms with Gasteiger partial charge >= 0.3 is 0 Å². The van der Waals surface area contributed by atoms with Crippen LogP contribution in [-0.4, -0.2) is 32.9 Å². The maximum absolute atomic E-state index is 13.0. The number of carbonyl (C=O) groups excluding carboxylic acids is 2. The zero-order chi connectivity index (χ0) is 23.5. The van der Waals surface area contributed by atoms with E-state index in [0.717, 1.165) is 21.7 Å². The number of hydrogen-bond donors (Lipinski definition) is 1. The molecule has 6 nitrogen and oxygen atoms in total. The molecule has 166 valence electrons. The minimum absolute atomic E-state index is 0.218. The van der Waals surface area contributed by atoms with Crippen molar-refractivity contribution in [3.05, 3.63) is 94.0 Å². The van der Waals surface area contributed by atoms with Gasteiger partial charge in [0.25, 0.3) is 0 Å². The van der Waals surface area contributed by atoms with Crippen LogP contribution in [0.3, 0.4) is 0 Å². The van der Waals surface area contributed by atoms with Gasteiger partial charge in [-0.1, -0.05) is 60.1 Å². The summed E-state index contributed by atoms with van der Waals surface area (Å²) in [6.45, 7) is 3.13. The summed E-state index contributed by atoms with van der Waals surface area (Å²) in [5, 5.41) is 3.02. The first kappa shape index (κ1) is 23.5. The number of nitrogens with one attached hydrogen (secondary N) is 1. The highest BCUT2D eigenvalue weighted by molar-refractivity contribution is 7.92. The highest BCUT2D eigenvalue weighted by Gasteiger charge is 2.25. The molecule has 0 spiro atoms. The van der Waals surface area contributed by atoms with Gasteiger partial charge in [-0.3, -0.25) is 13.9 Å². The number of benzene rings is 3. The predicted molar refractivity (Wildman–Crippen MR) is 128 cm³/mol. The molecule has 0 atom stereocenters. The summed E-state index contributed by atoms with van der Waals surface area (Å²) in [6.07, 6.45) is 1.05. The molecule has 0 saturated carbocycles. The van der Waals surface area contributed by atoms with Crippen LogP contribution >= 0.6 is 11.6 Å². The minimum atomic E-state index is -3.74. The lowest BCUT2D eigenvalue weighted by atomic mass is 10.0. The quantitative estimate of drug-likeness (QED) is 0.512. The normalized spacial score (nSPS) is 11.1. The number of nitrogens with zero attached hydrogens (tertiary/aromatic N) is 1. The average Bonchev–Trinajstić information content (AvgIpc) is 2.73. The third-order valence-electron chi connectivity index (χ3n) is 4.91. The van der Waals surface area contributed by atoms with Crippen molar-refractivity contribution in [2.45, 2.75) is 13.8 Å². The van der Waals surface area contributed by atoms with Gasteiger partial charge in [0.2, 0.25) is 15.9 Å². The number of carbonyl (C=O) groups is 2. The van der Waals surface area contributed by atoms with Gasteiger partial charge in [-0.05, 0) is 43.2 Å². The third kappa shape index (κ3) is 5.36. The number of rotatable bonds is 7. The largest absolute Gasteiger partial charge is 0.324 e. The summed E-state index contributed by atoms with van der Waals surface area (Å²) < 4.78 is 26.1. The topological polar surface area (TPSA) is 83.6 Å². The molecule has 0 heterocycles. The summed E-state index contributed by atoms with van der Waals surface area (Å²) in [5.74, 6) is -0.888. The monoisotopic (exact) mass is 470 g/mol. The standard InChI is InChI=1S/C24H23ClN2O4S/c1-16-8-7-9-17(2)23(16)27(32(3,30)31)15-22(28)26-21-13-12-19(25)14-20(21)24(29)18-10-5-4-6-11-18/h4-14H,15H2,1-3H3,(H,26,28). The molecule has 0 fully saturated rings. The number of aryl methyl sites for hydroxylation is 2. The SMILES string of the molecule is Cc1cccc(C)c1N(CC(=O)Nc1ccc(Cl)cc1C(=O)c1ccccc1)S(C)(=O)=O. The molecular weight excluding hydrogens is 448 g/mol. The van der Waals surface area contributed by atoms with Crippen molar-refractivity contribution in [3.8, 4) is 0 Å². The van der Waals surface area contributed by atoms with E-state index in [0.29, 0.717) is 16.3 Å².